The lowest BCUT2D eigenvalue weighted by atomic mass is 9.89. The second-order valence-corrected chi connectivity index (χ2v) is 10.3. The third-order valence-corrected chi connectivity index (χ3v) is 7.37. The molecule has 0 radical (unpaired) electrons. The van der Waals surface area contributed by atoms with E-state index in [0.29, 0.717) is 37.2 Å². The smallest absolute Gasteiger partial charge is 0.257 e. The van der Waals surface area contributed by atoms with Crippen LogP contribution in [0.2, 0.25) is 5.02 Å². The van der Waals surface area contributed by atoms with Crippen LogP contribution in [-0.4, -0.2) is 37.3 Å². The van der Waals surface area contributed by atoms with Gasteiger partial charge in [0.1, 0.15) is 16.7 Å². The zero-order valence-corrected chi connectivity index (χ0v) is 20.3. The number of aryl methyl sites for hydroxylation is 1. The summed E-state index contributed by atoms with van der Waals surface area (Å²) in [5.41, 5.74) is 1.84. The van der Waals surface area contributed by atoms with Crippen molar-refractivity contribution in [1.29, 1.82) is 0 Å². The number of benzene rings is 2. The molecule has 1 amide bonds. The summed E-state index contributed by atoms with van der Waals surface area (Å²) < 4.78 is 50.9. The van der Waals surface area contributed by atoms with Gasteiger partial charge in [-0.05, 0) is 67.1 Å². The van der Waals surface area contributed by atoms with Gasteiger partial charge in [0.25, 0.3) is 15.9 Å². The number of halogens is 3. The van der Waals surface area contributed by atoms with Gasteiger partial charge in [0.2, 0.25) is 0 Å². The molecule has 1 saturated heterocycles. The number of anilines is 2. The highest BCUT2D eigenvalue weighted by atomic mass is 35.5. The van der Waals surface area contributed by atoms with Crippen LogP contribution in [0.4, 0.5) is 20.2 Å². The fourth-order valence-electron chi connectivity index (χ4n) is 4.14. The maximum atomic E-state index is 13.7. The number of aromatic nitrogens is 1. The number of sulfonamides is 1. The molecule has 0 aliphatic carbocycles. The minimum Gasteiger partial charge on any atom is -0.354 e. The van der Waals surface area contributed by atoms with E-state index in [1.54, 1.807) is 24.0 Å². The molecule has 0 unspecified atom stereocenters. The zero-order chi connectivity index (χ0) is 25.3. The normalized spacial score (nSPS) is 14.7. The van der Waals surface area contributed by atoms with Gasteiger partial charge in [-0.15, -0.1) is 0 Å². The number of likely N-dealkylation sites (tertiary alicyclic amines) is 1. The molecule has 2 heterocycles. The Morgan fingerprint density at radius 1 is 1.14 bits per heavy atom. The molecule has 0 atom stereocenters. The number of piperidine rings is 1. The van der Waals surface area contributed by atoms with E-state index in [1.807, 2.05) is 0 Å². The van der Waals surface area contributed by atoms with Gasteiger partial charge in [0.05, 0.1) is 11.3 Å². The van der Waals surface area contributed by atoms with Gasteiger partial charge >= 0.3 is 0 Å². The third-order valence-electron chi connectivity index (χ3n) is 6.04. The lowest BCUT2D eigenvalue weighted by Crippen LogP contribution is -2.38. The highest BCUT2D eigenvalue weighted by molar-refractivity contribution is 7.89. The Labute approximate surface area is 207 Å². The Morgan fingerprint density at radius 2 is 1.80 bits per heavy atom. The van der Waals surface area contributed by atoms with Crippen molar-refractivity contribution in [2.24, 2.45) is 5.14 Å². The summed E-state index contributed by atoms with van der Waals surface area (Å²) in [5, 5.41) is 7.27. The summed E-state index contributed by atoms with van der Waals surface area (Å²) in [6.45, 7) is 2.44. The molecule has 1 aromatic heterocycles. The van der Waals surface area contributed by atoms with Crippen molar-refractivity contribution >= 4 is 38.9 Å². The number of carbonyl (C=O) groups is 1. The SMILES string of the molecule is Cc1cc(Nc2c(C(=O)N3CCC(c4ccc(F)cc4)CC3)cnc(S(N)(=O)=O)c2Cl)ccc1F. The van der Waals surface area contributed by atoms with Crippen molar-refractivity contribution in [2.75, 3.05) is 18.4 Å². The molecular formula is C24H23ClF2N4O3S. The van der Waals surface area contributed by atoms with E-state index in [1.165, 1.54) is 30.3 Å². The molecule has 0 bridgehead atoms. The highest BCUT2D eigenvalue weighted by Crippen LogP contribution is 2.35. The molecule has 0 saturated carbocycles. The van der Waals surface area contributed by atoms with E-state index < -0.39 is 20.9 Å². The van der Waals surface area contributed by atoms with E-state index in [0.717, 1.165) is 11.8 Å². The van der Waals surface area contributed by atoms with Crippen LogP contribution in [0.5, 0.6) is 0 Å². The predicted octanol–water partition coefficient (Wildman–Crippen LogP) is 4.73. The molecule has 3 N–H and O–H groups in total. The lowest BCUT2D eigenvalue weighted by Gasteiger charge is -2.32. The van der Waals surface area contributed by atoms with Crippen LogP contribution in [0.1, 0.15) is 40.2 Å². The molecule has 7 nitrogen and oxygen atoms in total. The molecule has 2 aromatic carbocycles. The first-order valence-electron chi connectivity index (χ1n) is 10.8. The summed E-state index contributed by atoms with van der Waals surface area (Å²) >= 11 is 6.36. The van der Waals surface area contributed by atoms with E-state index in [-0.39, 0.29) is 33.9 Å². The Morgan fingerprint density at radius 3 is 2.40 bits per heavy atom. The molecule has 184 valence electrons. The topological polar surface area (TPSA) is 105 Å². The Bertz CT molecular complexity index is 1380. The minimum absolute atomic E-state index is 0.0161. The molecular weight excluding hydrogens is 498 g/mol. The fraction of sp³-hybridized carbons (Fsp3) is 0.250. The highest BCUT2D eigenvalue weighted by Gasteiger charge is 2.29. The number of nitrogens with two attached hydrogens (primary N) is 1. The maximum Gasteiger partial charge on any atom is 0.257 e. The molecule has 1 aliphatic rings. The van der Waals surface area contributed by atoms with Gasteiger partial charge in [-0.2, -0.15) is 0 Å². The monoisotopic (exact) mass is 520 g/mol. The molecule has 1 fully saturated rings. The maximum absolute atomic E-state index is 13.7. The molecule has 0 spiro atoms. The largest absolute Gasteiger partial charge is 0.354 e. The van der Waals surface area contributed by atoms with Gasteiger partial charge in [-0.3, -0.25) is 4.79 Å². The van der Waals surface area contributed by atoms with Crippen molar-refractivity contribution in [3.05, 3.63) is 82.0 Å². The van der Waals surface area contributed by atoms with Crippen LogP contribution >= 0.6 is 11.6 Å². The van der Waals surface area contributed by atoms with Crippen LogP contribution < -0.4 is 10.5 Å². The van der Waals surface area contributed by atoms with Crippen LogP contribution in [0.15, 0.2) is 53.7 Å². The molecule has 11 heteroatoms. The fourth-order valence-corrected chi connectivity index (χ4v) is 5.21. The quantitative estimate of drug-likeness (QED) is 0.506. The van der Waals surface area contributed by atoms with E-state index in [2.05, 4.69) is 10.3 Å². The Balaban J connectivity index is 1.63. The number of pyridine rings is 1. The number of rotatable bonds is 5. The Hall–Kier alpha value is -3.08. The molecule has 35 heavy (non-hydrogen) atoms. The zero-order valence-electron chi connectivity index (χ0n) is 18.8. The van der Waals surface area contributed by atoms with E-state index >= 15 is 0 Å². The summed E-state index contributed by atoms with van der Waals surface area (Å²) in [5.74, 6) is -0.919. The van der Waals surface area contributed by atoms with E-state index in [4.69, 9.17) is 16.7 Å². The first kappa shape index (κ1) is 25.0. The van der Waals surface area contributed by atoms with Crippen molar-refractivity contribution < 1.29 is 22.0 Å². The molecule has 4 rings (SSSR count). The summed E-state index contributed by atoms with van der Waals surface area (Å²) in [6.07, 6.45) is 2.47. The van der Waals surface area contributed by atoms with Gasteiger partial charge in [0.15, 0.2) is 5.03 Å². The number of hydrogen-bond acceptors (Lipinski definition) is 5. The average Bonchev–Trinajstić information content (AvgIpc) is 2.82. The first-order chi connectivity index (χ1) is 16.5. The number of nitrogens with zero attached hydrogens (tertiary/aromatic N) is 2. The van der Waals surface area contributed by atoms with Crippen LogP contribution in [0.25, 0.3) is 0 Å². The lowest BCUT2D eigenvalue weighted by molar-refractivity contribution is 0.0713. The van der Waals surface area contributed by atoms with Crippen molar-refractivity contribution in [1.82, 2.24) is 9.88 Å². The van der Waals surface area contributed by atoms with Gasteiger partial charge in [-0.1, -0.05) is 23.7 Å². The van der Waals surface area contributed by atoms with Crippen molar-refractivity contribution in [3.8, 4) is 0 Å². The second kappa shape index (κ2) is 9.88. The summed E-state index contributed by atoms with van der Waals surface area (Å²) in [7, 11) is -4.27. The Kier molecular flexibility index (Phi) is 7.07. The van der Waals surface area contributed by atoms with Gasteiger partial charge in [-0.25, -0.2) is 27.3 Å². The summed E-state index contributed by atoms with van der Waals surface area (Å²) in [6, 6.07) is 10.5. The predicted molar refractivity (Wildman–Crippen MR) is 129 cm³/mol. The van der Waals surface area contributed by atoms with Gasteiger partial charge < -0.3 is 10.2 Å². The average molecular weight is 521 g/mol. The second-order valence-electron chi connectivity index (χ2n) is 8.42. The first-order valence-corrected chi connectivity index (χ1v) is 12.8. The number of nitrogens with one attached hydrogen (secondary N) is 1. The summed E-state index contributed by atoms with van der Waals surface area (Å²) in [4.78, 5) is 18.9. The number of primary sulfonamides is 1. The number of hydrogen-bond donors (Lipinski definition) is 2. The van der Waals surface area contributed by atoms with E-state index in [9.17, 15) is 22.0 Å². The van der Waals surface area contributed by atoms with Crippen molar-refractivity contribution in [2.45, 2.75) is 30.7 Å². The van der Waals surface area contributed by atoms with Crippen LogP contribution in [0.3, 0.4) is 0 Å². The minimum atomic E-state index is -4.27. The van der Waals surface area contributed by atoms with Crippen molar-refractivity contribution in [3.63, 3.8) is 0 Å². The molecule has 3 aromatic rings. The third kappa shape index (κ3) is 5.44. The van der Waals surface area contributed by atoms with Crippen LogP contribution in [0, 0.1) is 18.6 Å². The standard InChI is InChI=1S/C24H23ClF2N4O3S/c1-14-12-18(6-7-20(14)27)30-22-19(13-29-23(21(22)25)35(28,33)34)24(32)31-10-8-16(9-11-31)15-2-4-17(26)5-3-15/h2-7,12-13,16H,8-11H2,1H3,(H,29,30)(H2,28,33,34). The van der Waals surface area contributed by atoms with Gasteiger partial charge in [0, 0.05) is 25.0 Å². The number of carbonyl (C=O) groups excluding carboxylic acids is 1. The molecule has 1 aliphatic heterocycles. The number of amides is 1. The van der Waals surface area contributed by atoms with Crippen LogP contribution in [-0.2, 0) is 10.0 Å².